The molecule has 0 nitrogen and oxygen atoms in total. The third-order valence-electron chi connectivity index (χ3n) is 8.54. The van der Waals surface area contributed by atoms with Crippen LogP contribution < -0.4 is 0 Å². The van der Waals surface area contributed by atoms with E-state index in [-0.39, 0.29) is 0 Å². The lowest BCUT2D eigenvalue weighted by molar-refractivity contribution is -0.0278. The van der Waals surface area contributed by atoms with Gasteiger partial charge in [-0.1, -0.05) is 71.8 Å². The molecule has 2 aliphatic carbocycles. The van der Waals surface area contributed by atoms with Crippen LogP contribution >= 0.6 is 0 Å². The number of allylic oxidation sites excluding steroid dienone is 2. The highest BCUT2D eigenvalue weighted by atomic mass is 14.6. The summed E-state index contributed by atoms with van der Waals surface area (Å²) < 4.78 is 0. The molecule has 2 aliphatic rings. The fraction of sp³-hybridized carbons (Fsp3) is 0.840. The molecule has 144 valence electrons. The Morgan fingerprint density at radius 1 is 1.16 bits per heavy atom. The van der Waals surface area contributed by atoms with E-state index in [1.807, 2.05) is 0 Å². The molecule has 0 saturated heterocycles. The van der Waals surface area contributed by atoms with Gasteiger partial charge in [0, 0.05) is 0 Å². The van der Waals surface area contributed by atoms with Crippen LogP contribution in [-0.2, 0) is 0 Å². The first-order valence-electron chi connectivity index (χ1n) is 10.9. The molecule has 0 N–H and O–H groups in total. The minimum atomic E-state index is 0.313. The average Bonchev–Trinajstić information content (AvgIpc) is 2.88. The molecule has 0 aromatic rings. The SMILES string of the molecule is C=C(C)C1CCC2C(CC)C(C(C)(CCC(C)C)C(=C)C)CCC12C. The lowest BCUT2D eigenvalue weighted by Crippen LogP contribution is -2.47. The zero-order chi connectivity index (χ0) is 19.0. The van der Waals surface area contributed by atoms with Crippen LogP contribution in [0.25, 0.3) is 0 Å². The summed E-state index contributed by atoms with van der Waals surface area (Å²) in [5.41, 5.74) is 3.67. The predicted octanol–water partition coefficient (Wildman–Crippen LogP) is 8.05. The van der Waals surface area contributed by atoms with Crippen molar-refractivity contribution in [3.05, 3.63) is 24.3 Å². The summed E-state index contributed by atoms with van der Waals surface area (Å²) >= 11 is 0. The molecule has 0 heterocycles. The van der Waals surface area contributed by atoms with Gasteiger partial charge in [0.2, 0.25) is 0 Å². The largest absolute Gasteiger partial charge is 0.0998 e. The Hall–Kier alpha value is -0.520. The molecule has 25 heavy (non-hydrogen) atoms. The first kappa shape index (κ1) is 20.8. The van der Waals surface area contributed by atoms with Crippen LogP contribution in [0, 0.1) is 40.4 Å². The molecule has 2 fully saturated rings. The molecule has 6 atom stereocenters. The molecule has 0 spiro atoms. The van der Waals surface area contributed by atoms with E-state index in [4.69, 9.17) is 0 Å². The molecule has 0 radical (unpaired) electrons. The van der Waals surface area contributed by atoms with Crippen LogP contribution in [0.15, 0.2) is 24.3 Å². The van der Waals surface area contributed by atoms with Crippen LogP contribution in [0.5, 0.6) is 0 Å². The van der Waals surface area contributed by atoms with Gasteiger partial charge in [-0.2, -0.15) is 0 Å². The van der Waals surface area contributed by atoms with Crippen LogP contribution in [0.3, 0.4) is 0 Å². The van der Waals surface area contributed by atoms with E-state index in [9.17, 15) is 0 Å². The maximum Gasteiger partial charge on any atom is -0.00907 e. The van der Waals surface area contributed by atoms with Crippen LogP contribution in [-0.4, -0.2) is 0 Å². The van der Waals surface area contributed by atoms with Gasteiger partial charge in [-0.3, -0.25) is 0 Å². The molecule has 0 amide bonds. The minimum absolute atomic E-state index is 0.313. The monoisotopic (exact) mass is 344 g/mol. The van der Waals surface area contributed by atoms with Crippen molar-refractivity contribution in [1.82, 2.24) is 0 Å². The van der Waals surface area contributed by atoms with Crippen molar-refractivity contribution in [2.75, 3.05) is 0 Å². The molecule has 2 saturated carbocycles. The third-order valence-corrected chi connectivity index (χ3v) is 8.54. The number of rotatable bonds is 7. The smallest absolute Gasteiger partial charge is 0.00907 e. The standard InChI is InChI=1S/C25H44/c1-10-20-22-12-11-21(18(4)5)25(22,9)16-14-23(20)24(8,19(6)7)15-13-17(2)3/h17,20-23H,4,6,10-16H2,1-3,5,7-9H3. The van der Waals surface area contributed by atoms with Gasteiger partial charge < -0.3 is 0 Å². The van der Waals surface area contributed by atoms with E-state index in [0.29, 0.717) is 10.8 Å². The molecule has 0 aliphatic heterocycles. The highest BCUT2D eigenvalue weighted by Gasteiger charge is 2.56. The van der Waals surface area contributed by atoms with Gasteiger partial charge in [0.25, 0.3) is 0 Å². The normalized spacial score (nSPS) is 37.6. The van der Waals surface area contributed by atoms with Crippen LogP contribution in [0.4, 0.5) is 0 Å². The van der Waals surface area contributed by atoms with Gasteiger partial charge in [-0.05, 0) is 86.4 Å². The summed E-state index contributed by atoms with van der Waals surface area (Å²) in [5, 5.41) is 0. The van der Waals surface area contributed by atoms with Crippen molar-refractivity contribution < 1.29 is 0 Å². The molecule has 2 rings (SSSR count). The molecule has 0 aromatic carbocycles. The molecule has 0 bridgehead atoms. The van der Waals surface area contributed by atoms with Crippen LogP contribution in [0.2, 0.25) is 0 Å². The lowest BCUT2D eigenvalue weighted by Gasteiger charge is -2.54. The summed E-state index contributed by atoms with van der Waals surface area (Å²) in [6.07, 6.45) is 9.53. The fourth-order valence-corrected chi connectivity index (χ4v) is 6.76. The number of hydrogen-bond donors (Lipinski definition) is 0. The zero-order valence-corrected chi connectivity index (χ0v) is 18.3. The Morgan fingerprint density at radius 2 is 1.80 bits per heavy atom. The second kappa shape index (κ2) is 7.61. The van der Waals surface area contributed by atoms with E-state index in [0.717, 1.165) is 29.6 Å². The summed E-state index contributed by atoms with van der Waals surface area (Å²) in [7, 11) is 0. The van der Waals surface area contributed by atoms with E-state index >= 15 is 0 Å². The van der Waals surface area contributed by atoms with Crippen molar-refractivity contribution in [2.45, 2.75) is 93.4 Å². The van der Waals surface area contributed by atoms with Crippen molar-refractivity contribution >= 4 is 0 Å². The Bertz CT molecular complexity index is 498. The molecular weight excluding hydrogens is 300 g/mol. The van der Waals surface area contributed by atoms with Crippen molar-refractivity contribution in [3.8, 4) is 0 Å². The average molecular weight is 345 g/mol. The van der Waals surface area contributed by atoms with E-state index in [1.165, 1.54) is 56.1 Å². The summed E-state index contributed by atoms with van der Waals surface area (Å²) in [5.74, 6) is 4.09. The summed E-state index contributed by atoms with van der Waals surface area (Å²) in [6, 6.07) is 0. The van der Waals surface area contributed by atoms with Gasteiger partial charge in [0.15, 0.2) is 0 Å². The molecule has 6 unspecified atom stereocenters. The topological polar surface area (TPSA) is 0 Å². The second-order valence-electron chi connectivity index (χ2n) is 10.4. The quantitative estimate of drug-likeness (QED) is 0.410. The number of hydrogen-bond acceptors (Lipinski definition) is 0. The van der Waals surface area contributed by atoms with E-state index in [1.54, 1.807) is 0 Å². The van der Waals surface area contributed by atoms with E-state index in [2.05, 4.69) is 61.6 Å². The minimum Gasteiger partial charge on any atom is -0.0998 e. The third kappa shape index (κ3) is 3.65. The van der Waals surface area contributed by atoms with Crippen molar-refractivity contribution in [2.24, 2.45) is 40.4 Å². The maximum atomic E-state index is 4.48. The fourth-order valence-electron chi connectivity index (χ4n) is 6.76. The van der Waals surface area contributed by atoms with E-state index < -0.39 is 0 Å². The molecule has 0 heteroatoms. The first-order valence-corrected chi connectivity index (χ1v) is 10.9. The predicted molar refractivity (Wildman–Crippen MR) is 113 cm³/mol. The van der Waals surface area contributed by atoms with Crippen molar-refractivity contribution in [1.29, 1.82) is 0 Å². The highest BCUT2D eigenvalue weighted by Crippen LogP contribution is 2.64. The summed E-state index contributed by atoms with van der Waals surface area (Å²) in [6.45, 7) is 25.7. The Kier molecular flexibility index (Phi) is 6.33. The highest BCUT2D eigenvalue weighted by molar-refractivity contribution is 5.16. The molecular formula is C25H44. The second-order valence-corrected chi connectivity index (χ2v) is 10.4. The Labute approximate surface area is 158 Å². The maximum absolute atomic E-state index is 4.48. The van der Waals surface area contributed by atoms with Crippen LogP contribution in [0.1, 0.15) is 93.4 Å². The van der Waals surface area contributed by atoms with Gasteiger partial charge in [0.05, 0.1) is 0 Å². The molecule has 0 aromatic heterocycles. The zero-order valence-electron chi connectivity index (χ0n) is 18.3. The number of fused-ring (bicyclic) bond motifs is 1. The van der Waals surface area contributed by atoms with Gasteiger partial charge in [-0.25, -0.2) is 0 Å². The van der Waals surface area contributed by atoms with Gasteiger partial charge >= 0.3 is 0 Å². The Balaban J connectivity index is 2.31. The van der Waals surface area contributed by atoms with Gasteiger partial charge in [-0.15, -0.1) is 0 Å². The van der Waals surface area contributed by atoms with Gasteiger partial charge in [0.1, 0.15) is 0 Å². The Morgan fingerprint density at radius 3 is 2.28 bits per heavy atom. The lowest BCUT2D eigenvalue weighted by atomic mass is 9.50. The first-order chi connectivity index (χ1) is 11.6. The summed E-state index contributed by atoms with van der Waals surface area (Å²) in [4.78, 5) is 0. The van der Waals surface area contributed by atoms with Crippen molar-refractivity contribution in [3.63, 3.8) is 0 Å².